The normalized spacial score (nSPS) is 27.2. The molecule has 11 nitrogen and oxygen atoms in total. The zero-order valence-electron chi connectivity index (χ0n) is 20.3. The van der Waals surface area contributed by atoms with Gasteiger partial charge in [-0.15, -0.1) is 0 Å². The number of alkyl halides is 1. The lowest BCUT2D eigenvalue weighted by Crippen LogP contribution is -2.41. The molecule has 2 aromatic heterocycles. The molecule has 1 amide bonds. The van der Waals surface area contributed by atoms with Gasteiger partial charge in [0, 0.05) is 19.9 Å². The lowest BCUT2D eigenvalue weighted by Gasteiger charge is -2.24. The van der Waals surface area contributed by atoms with Crippen LogP contribution in [0.3, 0.4) is 0 Å². The van der Waals surface area contributed by atoms with E-state index in [9.17, 15) is 14.7 Å². The number of ether oxygens (including phenoxy) is 2. The summed E-state index contributed by atoms with van der Waals surface area (Å²) in [4.78, 5) is 37.2. The third kappa shape index (κ3) is 5.22. The number of anilines is 2. The Hall–Kier alpha value is -2.86. The van der Waals surface area contributed by atoms with Crippen LogP contribution < -0.4 is 10.6 Å². The van der Waals surface area contributed by atoms with Crippen LogP contribution in [0.5, 0.6) is 0 Å². The van der Waals surface area contributed by atoms with Gasteiger partial charge in [-0.3, -0.25) is 19.5 Å². The van der Waals surface area contributed by atoms with Crippen molar-refractivity contribution in [3.8, 4) is 0 Å². The Morgan fingerprint density at radius 2 is 2.06 bits per heavy atom. The Kier molecular flexibility index (Phi) is 7.50. The van der Waals surface area contributed by atoms with E-state index in [-0.39, 0.29) is 30.5 Å². The third-order valence-electron chi connectivity index (χ3n) is 6.78. The van der Waals surface area contributed by atoms with E-state index in [1.54, 1.807) is 14.0 Å². The Labute approximate surface area is 202 Å². The number of rotatable bonds is 8. The summed E-state index contributed by atoms with van der Waals surface area (Å²) in [6, 6.07) is 0. The molecule has 2 aromatic rings. The molecular weight excluding hydrogens is 459 g/mol. The smallest absolute Gasteiger partial charge is 0.305 e. The summed E-state index contributed by atoms with van der Waals surface area (Å²) in [6.07, 6.45) is 3.55. The number of aromatic nitrogens is 4. The maximum absolute atomic E-state index is 15.7. The van der Waals surface area contributed by atoms with Gasteiger partial charge >= 0.3 is 5.97 Å². The van der Waals surface area contributed by atoms with Gasteiger partial charge in [-0.1, -0.05) is 26.2 Å². The number of carbonyl (C=O) groups is 2. The molecule has 0 bridgehead atoms. The van der Waals surface area contributed by atoms with Crippen molar-refractivity contribution in [1.82, 2.24) is 19.5 Å². The van der Waals surface area contributed by atoms with Gasteiger partial charge in [0.1, 0.15) is 18.8 Å². The number of nitrogens with one attached hydrogen (secondary N) is 2. The van der Waals surface area contributed by atoms with Crippen LogP contribution in [0.1, 0.15) is 65.0 Å². The molecule has 0 radical (unpaired) electrons. The lowest BCUT2D eigenvalue weighted by molar-refractivity contribution is -0.149. The number of imidazole rings is 1. The fraction of sp³-hybridized carbons (Fsp3) is 0.696. The number of carbonyl (C=O) groups excluding carboxylic acids is 2. The number of aliphatic hydroxyl groups is 1. The SMILES string of the molecule is CCC(=O)OC[C@H]1O[C@@H](n2cnc3c(NC)nc(NC(=O)CC4CCCCC4)nc32)[C@](C)(F)[C@@H]1O. The molecule has 192 valence electrons. The zero-order valence-corrected chi connectivity index (χ0v) is 20.3. The van der Waals surface area contributed by atoms with E-state index >= 15 is 4.39 Å². The van der Waals surface area contributed by atoms with Gasteiger partial charge in [0.15, 0.2) is 28.9 Å². The van der Waals surface area contributed by atoms with Gasteiger partial charge in [0.05, 0.1) is 6.33 Å². The summed E-state index contributed by atoms with van der Waals surface area (Å²) in [7, 11) is 1.65. The second-order valence-corrected chi connectivity index (χ2v) is 9.39. The summed E-state index contributed by atoms with van der Waals surface area (Å²) in [5.41, 5.74) is -1.65. The molecule has 3 heterocycles. The van der Waals surface area contributed by atoms with Crippen molar-refractivity contribution in [1.29, 1.82) is 0 Å². The number of esters is 1. The van der Waals surface area contributed by atoms with Gasteiger partial charge < -0.3 is 19.9 Å². The molecule has 2 aliphatic rings. The van der Waals surface area contributed by atoms with Gasteiger partial charge in [0.2, 0.25) is 11.9 Å². The molecule has 0 spiro atoms. The van der Waals surface area contributed by atoms with Crippen molar-refractivity contribution >= 4 is 34.8 Å². The fourth-order valence-corrected chi connectivity index (χ4v) is 4.78. The predicted octanol–water partition coefficient (Wildman–Crippen LogP) is 2.72. The summed E-state index contributed by atoms with van der Waals surface area (Å²) in [5.74, 6) is 0.121. The molecule has 4 atom stereocenters. The van der Waals surface area contributed by atoms with Gasteiger partial charge in [0.25, 0.3) is 0 Å². The monoisotopic (exact) mass is 492 g/mol. The third-order valence-corrected chi connectivity index (χ3v) is 6.78. The molecular formula is C23H33FN6O5. The minimum atomic E-state index is -2.23. The van der Waals surface area contributed by atoms with Crippen molar-refractivity contribution in [2.75, 3.05) is 24.3 Å². The summed E-state index contributed by atoms with van der Waals surface area (Å²) in [6.45, 7) is 2.57. The highest BCUT2D eigenvalue weighted by molar-refractivity contribution is 5.91. The molecule has 1 aliphatic heterocycles. The maximum Gasteiger partial charge on any atom is 0.305 e. The van der Waals surface area contributed by atoms with E-state index in [1.807, 2.05) is 0 Å². The lowest BCUT2D eigenvalue weighted by atomic mass is 9.87. The summed E-state index contributed by atoms with van der Waals surface area (Å²) >= 11 is 0. The molecule has 1 saturated carbocycles. The number of nitrogens with zero attached hydrogens (tertiary/aromatic N) is 4. The van der Waals surface area contributed by atoms with E-state index in [2.05, 4.69) is 25.6 Å². The molecule has 12 heteroatoms. The number of hydrogen-bond donors (Lipinski definition) is 3. The van der Waals surface area contributed by atoms with E-state index in [0.29, 0.717) is 23.7 Å². The van der Waals surface area contributed by atoms with E-state index in [4.69, 9.17) is 9.47 Å². The predicted molar refractivity (Wildman–Crippen MR) is 125 cm³/mol. The maximum atomic E-state index is 15.7. The standard InChI is InChI=1S/C23H33FN6O5/c1-4-16(32)34-11-14-18(33)23(2,24)21(35-14)30-12-26-17-19(25-3)28-22(29-20(17)30)27-15(31)10-13-8-6-5-7-9-13/h12-14,18,21,33H,4-11H2,1-3H3,(H2,25,27,28,29,31)/t14-,18-,21-,23-/m1/s1. The van der Waals surface area contributed by atoms with Crippen molar-refractivity contribution in [2.45, 2.75) is 82.9 Å². The second-order valence-electron chi connectivity index (χ2n) is 9.39. The molecule has 35 heavy (non-hydrogen) atoms. The zero-order chi connectivity index (χ0) is 25.2. The van der Waals surface area contributed by atoms with Crippen LogP contribution in [0, 0.1) is 5.92 Å². The van der Waals surface area contributed by atoms with Crippen LogP contribution in [0.25, 0.3) is 11.2 Å². The number of hydrogen-bond acceptors (Lipinski definition) is 9. The molecule has 4 rings (SSSR count). The quantitative estimate of drug-likeness (QED) is 0.474. The Bertz CT molecular complexity index is 1070. The van der Waals surface area contributed by atoms with Crippen molar-refractivity contribution in [3.05, 3.63) is 6.33 Å². The topological polar surface area (TPSA) is 140 Å². The first-order chi connectivity index (χ1) is 16.7. The Morgan fingerprint density at radius 3 is 2.74 bits per heavy atom. The van der Waals surface area contributed by atoms with Gasteiger partial charge in [-0.25, -0.2) is 9.37 Å². The van der Waals surface area contributed by atoms with Crippen LogP contribution in [0.4, 0.5) is 16.2 Å². The highest BCUT2D eigenvalue weighted by Gasteiger charge is 2.55. The number of halogens is 1. The van der Waals surface area contributed by atoms with Crippen LogP contribution >= 0.6 is 0 Å². The van der Waals surface area contributed by atoms with Crippen molar-refractivity contribution in [2.24, 2.45) is 5.92 Å². The van der Waals surface area contributed by atoms with Crippen LogP contribution in [0.2, 0.25) is 0 Å². The molecule has 2 fully saturated rings. The van der Waals surface area contributed by atoms with Gasteiger partial charge in [-0.05, 0) is 25.7 Å². The van der Waals surface area contributed by atoms with Crippen molar-refractivity contribution < 1.29 is 28.6 Å². The largest absolute Gasteiger partial charge is 0.463 e. The van der Waals surface area contributed by atoms with Crippen LogP contribution in [0.15, 0.2) is 6.33 Å². The van der Waals surface area contributed by atoms with Gasteiger partial charge in [-0.2, -0.15) is 9.97 Å². The molecule has 1 saturated heterocycles. The van der Waals surface area contributed by atoms with Crippen molar-refractivity contribution in [3.63, 3.8) is 0 Å². The van der Waals surface area contributed by atoms with Crippen LogP contribution in [-0.4, -0.2) is 68.0 Å². The minimum absolute atomic E-state index is 0.0666. The number of amides is 1. The first-order valence-corrected chi connectivity index (χ1v) is 12.1. The highest BCUT2D eigenvalue weighted by Crippen LogP contribution is 2.43. The van der Waals surface area contributed by atoms with Crippen LogP contribution in [-0.2, 0) is 19.1 Å². The highest BCUT2D eigenvalue weighted by atomic mass is 19.1. The Morgan fingerprint density at radius 1 is 1.31 bits per heavy atom. The van der Waals surface area contributed by atoms with E-state index in [0.717, 1.165) is 25.7 Å². The first kappa shape index (κ1) is 25.2. The molecule has 1 aliphatic carbocycles. The summed E-state index contributed by atoms with van der Waals surface area (Å²) in [5, 5.41) is 16.2. The van der Waals surface area contributed by atoms with E-state index in [1.165, 1.54) is 24.2 Å². The molecule has 0 aromatic carbocycles. The number of aliphatic hydroxyl groups excluding tert-OH is 1. The molecule has 3 N–H and O–H groups in total. The minimum Gasteiger partial charge on any atom is -0.463 e. The Balaban J connectivity index is 1.58. The van der Waals surface area contributed by atoms with E-state index < -0.39 is 30.1 Å². The fourth-order valence-electron chi connectivity index (χ4n) is 4.78. The first-order valence-electron chi connectivity index (χ1n) is 12.1. The average Bonchev–Trinajstić information content (AvgIpc) is 3.35. The second kappa shape index (κ2) is 10.4. The summed E-state index contributed by atoms with van der Waals surface area (Å²) < 4.78 is 27.9. The average molecular weight is 493 g/mol. The number of fused-ring (bicyclic) bond motifs is 1. The molecule has 0 unspecified atom stereocenters.